The van der Waals surface area contributed by atoms with Crippen LogP contribution in [0.3, 0.4) is 0 Å². The highest BCUT2D eigenvalue weighted by Crippen LogP contribution is 2.65. The molecular formula is C13H21N. The third-order valence-corrected chi connectivity index (χ3v) is 5.52. The largest absolute Gasteiger partial charge is 0.311 e. The first-order chi connectivity index (χ1) is 6.84. The minimum atomic E-state index is 0.824. The van der Waals surface area contributed by atoms with Crippen LogP contribution in [0.2, 0.25) is 0 Å². The van der Waals surface area contributed by atoms with Crippen molar-refractivity contribution >= 4 is 0 Å². The number of fused-ring (bicyclic) bond motifs is 5. The second-order valence-corrected chi connectivity index (χ2v) is 6.31. The van der Waals surface area contributed by atoms with Gasteiger partial charge in [0.2, 0.25) is 0 Å². The number of hydrogen-bond acceptors (Lipinski definition) is 1. The summed E-state index contributed by atoms with van der Waals surface area (Å²) in [7, 11) is 0. The molecule has 0 aromatic carbocycles. The van der Waals surface area contributed by atoms with E-state index in [-0.39, 0.29) is 0 Å². The van der Waals surface area contributed by atoms with Crippen molar-refractivity contribution in [2.45, 2.75) is 51.1 Å². The van der Waals surface area contributed by atoms with Crippen LogP contribution < -0.4 is 5.32 Å². The molecule has 2 bridgehead atoms. The molecule has 0 heterocycles. The molecule has 1 N–H and O–H groups in total. The van der Waals surface area contributed by atoms with E-state index in [0.717, 1.165) is 41.7 Å². The maximum atomic E-state index is 3.92. The number of nitrogens with one attached hydrogen (secondary N) is 1. The van der Waals surface area contributed by atoms with Gasteiger partial charge in [-0.1, -0.05) is 0 Å². The van der Waals surface area contributed by atoms with Crippen LogP contribution in [0.25, 0.3) is 0 Å². The molecule has 0 aromatic rings. The Hall–Kier alpha value is -0.0400. The topological polar surface area (TPSA) is 12.0 Å². The molecule has 14 heavy (non-hydrogen) atoms. The van der Waals surface area contributed by atoms with Gasteiger partial charge in [0.15, 0.2) is 0 Å². The van der Waals surface area contributed by atoms with Gasteiger partial charge in [0.25, 0.3) is 0 Å². The molecule has 0 aliphatic heterocycles. The third kappa shape index (κ3) is 0.997. The first-order valence-electron chi connectivity index (χ1n) is 6.60. The maximum absolute atomic E-state index is 3.92. The van der Waals surface area contributed by atoms with Crippen molar-refractivity contribution < 1.29 is 0 Å². The zero-order chi connectivity index (χ0) is 9.28. The van der Waals surface area contributed by atoms with Gasteiger partial charge in [-0.05, 0) is 68.6 Å². The third-order valence-electron chi connectivity index (χ3n) is 5.52. The average molecular weight is 191 g/mol. The minimum absolute atomic E-state index is 0.824. The monoisotopic (exact) mass is 191 g/mol. The molecule has 4 saturated carbocycles. The Labute approximate surface area is 86.6 Å². The molecule has 1 heteroatoms. The van der Waals surface area contributed by atoms with Crippen LogP contribution in [0.4, 0.5) is 0 Å². The molecule has 4 aliphatic rings. The zero-order valence-corrected chi connectivity index (χ0v) is 9.08. The molecule has 4 fully saturated rings. The van der Waals surface area contributed by atoms with E-state index in [1.54, 1.807) is 19.3 Å². The lowest BCUT2D eigenvalue weighted by Gasteiger charge is -2.16. The molecule has 0 amide bonds. The fraction of sp³-hybridized carbons (Fsp3) is 1.00. The summed E-state index contributed by atoms with van der Waals surface area (Å²) >= 11 is 0. The van der Waals surface area contributed by atoms with Crippen LogP contribution in [0.1, 0.15) is 39.0 Å². The predicted molar refractivity (Wildman–Crippen MR) is 56.9 cm³/mol. The summed E-state index contributed by atoms with van der Waals surface area (Å²) in [5.74, 6) is 5.54. The highest BCUT2D eigenvalue weighted by molar-refractivity contribution is 5.17. The van der Waals surface area contributed by atoms with E-state index in [0.29, 0.717) is 0 Å². The van der Waals surface area contributed by atoms with E-state index in [9.17, 15) is 0 Å². The second kappa shape index (κ2) is 2.55. The summed E-state index contributed by atoms with van der Waals surface area (Å²) in [6.45, 7) is 2.41. The van der Waals surface area contributed by atoms with Crippen molar-refractivity contribution in [1.82, 2.24) is 5.32 Å². The number of hydrogen-bond donors (Lipinski definition) is 1. The van der Waals surface area contributed by atoms with Crippen molar-refractivity contribution in [3.63, 3.8) is 0 Å². The van der Waals surface area contributed by atoms with Gasteiger partial charge in [-0.25, -0.2) is 0 Å². The van der Waals surface area contributed by atoms with Crippen LogP contribution in [0, 0.1) is 29.6 Å². The summed E-state index contributed by atoms with van der Waals surface area (Å²) in [4.78, 5) is 0. The van der Waals surface area contributed by atoms with Crippen molar-refractivity contribution in [2.24, 2.45) is 29.6 Å². The first kappa shape index (κ1) is 8.15. The summed E-state index contributed by atoms with van der Waals surface area (Å²) < 4.78 is 0. The molecular weight excluding hydrogens is 170 g/mol. The summed E-state index contributed by atoms with van der Waals surface area (Å²) in [6.07, 6.45) is 7.68. The molecule has 1 nitrogen and oxygen atoms in total. The van der Waals surface area contributed by atoms with E-state index in [4.69, 9.17) is 0 Å². The second-order valence-electron chi connectivity index (χ2n) is 6.31. The Morgan fingerprint density at radius 2 is 1.64 bits per heavy atom. The van der Waals surface area contributed by atoms with Crippen molar-refractivity contribution in [2.75, 3.05) is 0 Å². The van der Waals surface area contributed by atoms with Crippen LogP contribution in [0.15, 0.2) is 0 Å². The van der Waals surface area contributed by atoms with Crippen LogP contribution in [-0.4, -0.2) is 12.1 Å². The van der Waals surface area contributed by atoms with Gasteiger partial charge in [-0.2, -0.15) is 0 Å². The predicted octanol–water partition coefficient (Wildman–Crippen LogP) is 2.42. The Bertz CT molecular complexity index is 242. The van der Waals surface area contributed by atoms with Gasteiger partial charge in [0.05, 0.1) is 0 Å². The molecule has 5 unspecified atom stereocenters. The first-order valence-corrected chi connectivity index (χ1v) is 6.60. The van der Waals surface area contributed by atoms with E-state index in [2.05, 4.69) is 12.2 Å². The van der Waals surface area contributed by atoms with Gasteiger partial charge in [0, 0.05) is 12.1 Å². The smallest absolute Gasteiger partial charge is 0.0138 e. The van der Waals surface area contributed by atoms with Gasteiger partial charge >= 0.3 is 0 Å². The van der Waals surface area contributed by atoms with Gasteiger partial charge in [0.1, 0.15) is 0 Å². The van der Waals surface area contributed by atoms with Gasteiger partial charge < -0.3 is 5.32 Å². The van der Waals surface area contributed by atoms with E-state index in [1.165, 1.54) is 12.8 Å². The molecule has 5 atom stereocenters. The fourth-order valence-electron chi connectivity index (χ4n) is 4.58. The quantitative estimate of drug-likeness (QED) is 0.722. The average Bonchev–Trinajstić information content (AvgIpc) is 3.07. The molecule has 4 rings (SSSR count). The van der Waals surface area contributed by atoms with E-state index < -0.39 is 0 Å². The Morgan fingerprint density at radius 1 is 1.00 bits per heavy atom. The summed E-state index contributed by atoms with van der Waals surface area (Å²) in [6, 6.07) is 1.78. The lowest BCUT2D eigenvalue weighted by molar-refractivity contribution is 0.408. The molecule has 0 radical (unpaired) electrons. The highest BCUT2D eigenvalue weighted by atomic mass is 15.1. The van der Waals surface area contributed by atoms with Crippen molar-refractivity contribution in [3.05, 3.63) is 0 Å². The zero-order valence-electron chi connectivity index (χ0n) is 9.08. The van der Waals surface area contributed by atoms with Crippen LogP contribution >= 0.6 is 0 Å². The lowest BCUT2D eigenvalue weighted by Crippen LogP contribution is -2.33. The SMILES string of the molecule is CC(NC1C2C3CCC(C3)C12)C1CC1. The van der Waals surface area contributed by atoms with Crippen molar-refractivity contribution in [3.8, 4) is 0 Å². The Balaban J connectivity index is 1.41. The number of rotatable bonds is 3. The van der Waals surface area contributed by atoms with Crippen LogP contribution in [-0.2, 0) is 0 Å². The maximum Gasteiger partial charge on any atom is 0.0138 e. The molecule has 0 spiro atoms. The minimum Gasteiger partial charge on any atom is -0.311 e. The summed E-state index contributed by atoms with van der Waals surface area (Å²) in [5, 5.41) is 3.92. The Kier molecular flexibility index (Phi) is 1.49. The van der Waals surface area contributed by atoms with Gasteiger partial charge in [-0.15, -0.1) is 0 Å². The Morgan fingerprint density at radius 3 is 2.21 bits per heavy atom. The van der Waals surface area contributed by atoms with Gasteiger partial charge in [-0.3, -0.25) is 0 Å². The molecule has 78 valence electrons. The highest BCUT2D eigenvalue weighted by Gasteiger charge is 2.65. The summed E-state index contributed by atoms with van der Waals surface area (Å²) in [5.41, 5.74) is 0. The normalized spacial score (nSPS) is 55.9. The van der Waals surface area contributed by atoms with Crippen molar-refractivity contribution in [1.29, 1.82) is 0 Å². The fourth-order valence-corrected chi connectivity index (χ4v) is 4.58. The molecule has 0 saturated heterocycles. The van der Waals surface area contributed by atoms with E-state index >= 15 is 0 Å². The molecule has 0 aromatic heterocycles. The van der Waals surface area contributed by atoms with Crippen LogP contribution in [0.5, 0.6) is 0 Å². The van der Waals surface area contributed by atoms with E-state index in [1.807, 2.05) is 0 Å². The lowest BCUT2D eigenvalue weighted by atomic mass is 10.0. The molecule has 4 aliphatic carbocycles. The standard InChI is InChI=1S/C13H21N/c1-7(8-2-3-8)14-13-11-9-4-5-10(6-9)12(11)13/h7-14H,2-6H2,1H3.